The van der Waals surface area contributed by atoms with Gasteiger partial charge in [-0.1, -0.05) is 37.3 Å². The van der Waals surface area contributed by atoms with E-state index in [1.165, 1.54) is 16.6 Å². The molecule has 25 heavy (non-hydrogen) atoms. The zero-order valence-corrected chi connectivity index (χ0v) is 14.7. The number of hydrogen-bond acceptors (Lipinski definition) is 2. The van der Waals surface area contributed by atoms with E-state index < -0.39 is 0 Å². The van der Waals surface area contributed by atoms with E-state index in [-0.39, 0.29) is 11.9 Å². The van der Waals surface area contributed by atoms with Gasteiger partial charge < -0.3 is 15.2 Å². The molecule has 0 bridgehead atoms. The van der Waals surface area contributed by atoms with E-state index >= 15 is 0 Å². The summed E-state index contributed by atoms with van der Waals surface area (Å²) >= 11 is 0. The molecular formula is C21H23N3O. The van der Waals surface area contributed by atoms with Gasteiger partial charge in [0.2, 0.25) is 5.91 Å². The molecule has 4 nitrogen and oxygen atoms in total. The Morgan fingerprint density at radius 3 is 2.84 bits per heavy atom. The van der Waals surface area contributed by atoms with Gasteiger partial charge in [-0.25, -0.2) is 0 Å². The van der Waals surface area contributed by atoms with Gasteiger partial charge in [0.25, 0.3) is 0 Å². The smallest absolute Gasteiger partial charge is 0.226 e. The zero-order chi connectivity index (χ0) is 17.4. The van der Waals surface area contributed by atoms with Crippen LogP contribution in [0.4, 0.5) is 11.4 Å². The largest absolute Gasteiger partial charge is 0.380 e. The minimum atomic E-state index is 0.0602. The van der Waals surface area contributed by atoms with Crippen molar-refractivity contribution in [2.24, 2.45) is 0 Å². The van der Waals surface area contributed by atoms with Crippen molar-refractivity contribution in [3.05, 3.63) is 48.5 Å². The van der Waals surface area contributed by atoms with Crippen molar-refractivity contribution in [3.8, 4) is 11.3 Å². The standard InChI is InChI=1S/C21H23N3O/c1-3-11-24-18-10-5-4-7-15(18)13-19(24)16-8-6-9-17-21(16)22-14(2)12-20(25)23-17/h4-10,13-14,22H,3,11-12H2,1-2H3,(H,23,25)/t14-/m1/s1. The number of aryl methyl sites for hydroxylation is 1. The fraction of sp³-hybridized carbons (Fsp3) is 0.286. The Bertz CT molecular complexity index is 941. The molecule has 0 saturated heterocycles. The SMILES string of the molecule is CCCn1c(-c2cccc3c2N[C@H](C)CC(=O)N3)cc2ccccc21. The number of nitrogens with one attached hydrogen (secondary N) is 2. The molecule has 0 fully saturated rings. The second kappa shape index (κ2) is 6.28. The predicted molar refractivity (Wildman–Crippen MR) is 104 cm³/mol. The number of fused-ring (bicyclic) bond motifs is 2. The predicted octanol–water partition coefficient (Wildman–Crippen LogP) is 4.86. The van der Waals surface area contributed by atoms with Crippen molar-refractivity contribution >= 4 is 28.2 Å². The molecule has 4 rings (SSSR count). The lowest BCUT2D eigenvalue weighted by atomic mass is 10.1. The van der Waals surface area contributed by atoms with E-state index in [4.69, 9.17) is 0 Å². The van der Waals surface area contributed by atoms with Crippen LogP contribution in [0.5, 0.6) is 0 Å². The molecular weight excluding hydrogens is 310 g/mol. The van der Waals surface area contributed by atoms with Crippen LogP contribution in [0.1, 0.15) is 26.7 Å². The molecule has 3 aromatic rings. The van der Waals surface area contributed by atoms with Crippen molar-refractivity contribution in [2.75, 3.05) is 10.6 Å². The van der Waals surface area contributed by atoms with E-state index in [1.54, 1.807) is 0 Å². The van der Waals surface area contributed by atoms with Crippen LogP contribution in [-0.2, 0) is 11.3 Å². The van der Waals surface area contributed by atoms with E-state index in [9.17, 15) is 4.79 Å². The van der Waals surface area contributed by atoms with Crippen LogP contribution >= 0.6 is 0 Å². The van der Waals surface area contributed by atoms with Crippen molar-refractivity contribution in [1.82, 2.24) is 4.57 Å². The van der Waals surface area contributed by atoms with Crippen LogP contribution in [0.3, 0.4) is 0 Å². The monoisotopic (exact) mass is 333 g/mol. The fourth-order valence-electron chi connectivity index (χ4n) is 3.70. The van der Waals surface area contributed by atoms with Gasteiger partial charge in [0.1, 0.15) is 0 Å². The summed E-state index contributed by atoms with van der Waals surface area (Å²) in [4.78, 5) is 12.1. The van der Waals surface area contributed by atoms with E-state index in [2.05, 4.69) is 58.5 Å². The van der Waals surface area contributed by atoms with Crippen molar-refractivity contribution in [2.45, 2.75) is 39.3 Å². The van der Waals surface area contributed by atoms with Crippen LogP contribution in [0.2, 0.25) is 0 Å². The molecule has 0 radical (unpaired) electrons. The number of nitrogens with zero attached hydrogens (tertiary/aromatic N) is 1. The third kappa shape index (κ3) is 2.78. The first-order valence-corrected chi connectivity index (χ1v) is 8.95. The summed E-state index contributed by atoms with van der Waals surface area (Å²) in [6.45, 7) is 5.21. The third-order valence-electron chi connectivity index (χ3n) is 4.75. The molecule has 1 amide bonds. The highest BCUT2D eigenvalue weighted by Gasteiger charge is 2.22. The number of amides is 1. The molecule has 1 aliphatic heterocycles. The lowest BCUT2D eigenvalue weighted by Gasteiger charge is -2.18. The molecule has 2 aromatic carbocycles. The topological polar surface area (TPSA) is 46.1 Å². The van der Waals surface area contributed by atoms with Gasteiger partial charge in [-0.05, 0) is 31.5 Å². The van der Waals surface area contributed by atoms with Crippen molar-refractivity contribution in [3.63, 3.8) is 0 Å². The summed E-state index contributed by atoms with van der Waals surface area (Å²) in [5.74, 6) is 0.0602. The van der Waals surface area contributed by atoms with Crippen LogP contribution < -0.4 is 10.6 Å². The molecule has 2 N–H and O–H groups in total. The number of anilines is 2. The molecule has 0 unspecified atom stereocenters. The Morgan fingerprint density at radius 1 is 1.16 bits per heavy atom. The number of hydrogen-bond donors (Lipinski definition) is 2. The summed E-state index contributed by atoms with van der Waals surface area (Å²) in [5, 5.41) is 7.82. The minimum Gasteiger partial charge on any atom is -0.380 e. The highest BCUT2D eigenvalue weighted by atomic mass is 16.1. The van der Waals surface area contributed by atoms with Crippen LogP contribution in [0, 0.1) is 0 Å². The maximum absolute atomic E-state index is 12.1. The summed E-state index contributed by atoms with van der Waals surface area (Å²) in [6.07, 6.45) is 1.55. The van der Waals surface area contributed by atoms with Gasteiger partial charge in [-0.2, -0.15) is 0 Å². The second-order valence-electron chi connectivity index (χ2n) is 6.77. The highest BCUT2D eigenvalue weighted by Crippen LogP contribution is 2.39. The first-order valence-electron chi connectivity index (χ1n) is 8.95. The molecule has 1 aromatic heterocycles. The Labute approximate surface area is 147 Å². The normalized spacial score (nSPS) is 16.9. The molecule has 4 heteroatoms. The van der Waals surface area contributed by atoms with Crippen LogP contribution in [0.15, 0.2) is 48.5 Å². The van der Waals surface area contributed by atoms with E-state index in [0.29, 0.717) is 6.42 Å². The Balaban J connectivity index is 1.94. The summed E-state index contributed by atoms with van der Waals surface area (Å²) in [7, 11) is 0. The third-order valence-corrected chi connectivity index (χ3v) is 4.75. The van der Waals surface area contributed by atoms with Crippen molar-refractivity contribution in [1.29, 1.82) is 0 Å². The van der Waals surface area contributed by atoms with Gasteiger partial charge in [0.05, 0.1) is 17.1 Å². The first-order chi connectivity index (χ1) is 12.2. The highest BCUT2D eigenvalue weighted by molar-refractivity contribution is 6.01. The number of rotatable bonds is 3. The van der Waals surface area contributed by atoms with Gasteiger partial charge in [0.15, 0.2) is 0 Å². The Hall–Kier alpha value is -2.75. The average molecular weight is 333 g/mol. The fourth-order valence-corrected chi connectivity index (χ4v) is 3.70. The molecule has 0 saturated carbocycles. The number of benzene rings is 2. The minimum absolute atomic E-state index is 0.0602. The lowest BCUT2D eigenvalue weighted by Crippen LogP contribution is -2.19. The summed E-state index contributed by atoms with van der Waals surface area (Å²) < 4.78 is 2.38. The number of carbonyl (C=O) groups is 1. The Morgan fingerprint density at radius 2 is 2.00 bits per heavy atom. The van der Waals surface area contributed by atoms with Gasteiger partial charge in [-0.15, -0.1) is 0 Å². The van der Waals surface area contributed by atoms with Crippen molar-refractivity contribution < 1.29 is 4.79 Å². The number of aromatic nitrogens is 1. The summed E-state index contributed by atoms with van der Waals surface area (Å²) in [5.41, 5.74) is 5.45. The molecule has 0 spiro atoms. The van der Waals surface area contributed by atoms with Gasteiger partial charge in [-0.3, -0.25) is 4.79 Å². The van der Waals surface area contributed by atoms with E-state index in [0.717, 1.165) is 29.9 Å². The van der Waals surface area contributed by atoms with Gasteiger partial charge in [0, 0.05) is 35.5 Å². The molecule has 128 valence electrons. The maximum atomic E-state index is 12.1. The number of para-hydroxylation sites is 2. The maximum Gasteiger partial charge on any atom is 0.226 e. The lowest BCUT2D eigenvalue weighted by molar-refractivity contribution is -0.116. The first kappa shape index (κ1) is 15.8. The van der Waals surface area contributed by atoms with Crippen LogP contribution in [-0.4, -0.2) is 16.5 Å². The molecule has 2 heterocycles. The summed E-state index contributed by atoms with van der Waals surface area (Å²) in [6, 6.07) is 17.0. The Kier molecular flexibility index (Phi) is 3.96. The second-order valence-corrected chi connectivity index (χ2v) is 6.77. The molecule has 1 aliphatic rings. The van der Waals surface area contributed by atoms with Gasteiger partial charge >= 0.3 is 0 Å². The van der Waals surface area contributed by atoms with E-state index in [1.807, 2.05) is 19.1 Å². The molecule has 1 atom stereocenters. The van der Waals surface area contributed by atoms with Crippen LogP contribution in [0.25, 0.3) is 22.2 Å². The average Bonchev–Trinajstić information content (AvgIpc) is 2.87. The quantitative estimate of drug-likeness (QED) is 0.719. The molecule has 0 aliphatic carbocycles. The number of carbonyl (C=O) groups excluding carboxylic acids is 1. The zero-order valence-electron chi connectivity index (χ0n) is 14.7.